The Morgan fingerprint density at radius 3 is 3.11 bits per heavy atom. The zero-order valence-corrected chi connectivity index (χ0v) is 11.0. The molecule has 18 heavy (non-hydrogen) atoms. The van der Waals surface area contributed by atoms with Gasteiger partial charge in [-0.05, 0) is 19.8 Å². The van der Waals surface area contributed by atoms with Crippen molar-refractivity contribution >= 4 is 5.91 Å². The second-order valence-electron chi connectivity index (χ2n) is 4.99. The number of hydrogen-bond donors (Lipinski definition) is 2. The van der Waals surface area contributed by atoms with Crippen LogP contribution in [0.5, 0.6) is 0 Å². The van der Waals surface area contributed by atoms with E-state index in [4.69, 9.17) is 0 Å². The van der Waals surface area contributed by atoms with Gasteiger partial charge in [0.15, 0.2) is 0 Å². The van der Waals surface area contributed by atoms with E-state index in [0.29, 0.717) is 12.2 Å². The molecular weight excluding hydrogens is 230 g/mol. The van der Waals surface area contributed by atoms with Crippen LogP contribution in [-0.2, 0) is 6.42 Å². The molecule has 1 aliphatic heterocycles. The summed E-state index contributed by atoms with van der Waals surface area (Å²) < 4.78 is 0. The highest BCUT2D eigenvalue weighted by atomic mass is 16.3. The number of amides is 1. The third kappa shape index (κ3) is 2.72. The maximum atomic E-state index is 12.3. The number of aryl methyl sites for hydroxylation is 1. The van der Waals surface area contributed by atoms with E-state index in [1.54, 1.807) is 13.1 Å². The molecule has 1 aromatic rings. The largest absolute Gasteiger partial charge is 0.393 e. The van der Waals surface area contributed by atoms with Gasteiger partial charge in [0.05, 0.1) is 12.3 Å². The average molecular weight is 251 g/mol. The molecule has 1 saturated heterocycles. The fraction of sp³-hybridized carbons (Fsp3) is 0.692. The summed E-state index contributed by atoms with van der Waals surface area (Å²) in [5, 5.41) is 9.63. The summed E-state index contributed by atoms with van der Waals surface area (Å²) in [4.78, 5) is 21.3. The number of likely N-dealkylation sites (tertiary alicyclic amines) is 1. The summed E-state index contributed by atoms with van der Waals surface area (Å²) in [6.45, 7) is 5.20. The number of nitrogens with zero attached hydrogens (tertiary/aromatic N) is 2. The second-order valence-corrected chi connectivity index (χ2v) is 4.99. The summed E-state index contributed by atoms with van der Waals surface area (Å²) >= 11 is 0. The standard InChI is InChI=1S/C13H21N3O2/c1-3-12-14-7-11(15-12)13(18)16-6-4-5-10(8-16)9(2)17/h7,9-10,17H,3-6,8H2,1-2H3,(H,14,15). The van der Waals surface area contributed by atoms with Crippen molar-refractivity contribution in [2.24, 2.45) is 5.92 Å². The first-order chi connectivity index (χ1) is 8.61. The van der Waals surface area contributed by atoms with Crippen LogP contribution in [0.4, 0.5) is 0 Å². The normalized spacial score (nSPS) is 21.9. The maximum Gasteiger partial charge on any atom is 0.271 e. The van der Waals surface area contributed by atoms with E-state index in [0.717, 1.165) is 31.6 Å². The molecule has 2 heterocycles. The lowest BCUT2D eigenvalue weighted by atomic mass is 9.93. The highest BCUT2D eigenvalue weighted by Gasteiger charge is 2.27. The van der Waals surface area contributed by atoms with Crippen molar-refractivity contribution in [3.05, 3.63) is 17.7 Å². The van der Waals surface area contributed by atoms with Crippen LogP contribution in [0.25, 0.3) is 0 Å². The first-order valence-corrected chi connectivity index (χ1v) is 6.63. The van der Waals surface area contributed by atoms with Gasteiger partial charge in [0.1, 0.15) is 11.5 Å². The van der Waals surface area contributed by atoms with Crippen LogP contribution in [0.2, 0.25) is 0 Å². The Bertz CT molecular complexity index is 414. The van der Waals surface area contributed by atoms with Crippen molar-refractivity contribution in [3.8, 4) is 0 Å². The van der Waals surface area contributed by atoms with Gasteiger partial charge in [0, 0.05) is 25.4 Å². The minimum Gasteiger partial charge on any atom is -0.393 e. The number of carbonyl (C=O) groups is 1. The Labute approximate surface area is 107 Å². The quantitative estimate of drug-likeness (QED) is 0.848. The lowest BCUT2D eigenvalue weighted by molar-refractivity contribution is 0.0462. The van der Waals surface area contributed by atoms with Crippen molar-refractivity contribution in [1.82, 2.24) is 14.9 Å². The number of H-pyrrole nitrogens is 1. The van der Waals surface area contributed by atoms with Gasteiger partial charge >= 0.3 is 0 Å². The molecule has 0 aromatic carbocycles. The van der Waals surface area contributed by atoms with E-state index in [2.05, 4.69) is 9.97 Å². The minimum absolute atomic E-state index is 0.00690. The summed E-state index contributed by atoms with van der Waals surface area (Å²) in [5.74, 6) is 1.02. The van der Waals surface area contributed by atoms with Gasteiger partial charge in [-0.1, -0.05) is 6.92 Å². The van der Waals surface area contributed by atoms with Gasteiger partial charge in [-0.15, -0.1) is 0 Å². The predicted molar refractivity (Wildman–Crippen MR) is 68.3 cm³/mol. The molecule has 1 aliphatic rings. The molecule has 0 radical (unpaired) electrons. The van der Waals surface area contributed by atoms with Crippen LogP contribution in [0.3, 0.4) is 0 Å². The Kier molecular flexibility index (Phi) is 4.01. The first kappa shape index (κ1) is 13.1. The number of imidazole rings is 1. The molecule has 100 valence electrons. The van der Waals surface area contributed by atoms with Gasteiger partial charge in [-0.3, -0.25) is 4.79 Å². The Hall–Kier alpha value is -1.36. The molecule has 0 saturated carbocycles. The second kappa shape index (κ2) is 5.52. The number of aliphatic hydroxyl groups is 1. The van der Waals surface area contributed by atoms with Crippen LogP contribution in [0.15, 0.2) is 6.20 Å². The zero-order chi connectivity index (χ0) is 13.1. The molecule has 5 nitrogen and oxygen atoms in total. The van der Waals surface area contributed by atoms with E-state index in [-0.39, 0.29) is 17.9 Å². The highest BCUT2D eigenvalue weighted by molar-refractivity contribution is 5.92. The average Bonchev–Trinajstić information content (AvgIpc) is 2.86. The van der Waals surface area contributed by atoms with Crippen molar-refractivity contribution in [1.29, 1.82) is 0 Å². The number of piperidine rings is 1. The Morgan fingerprint density at radius 1 is 1.72 bits per heavy atom. The number of rotatable bonds is 3. The van der Waals surface area contributed by atoms with Crippen LogP contribution >= 0.6 is 0 Å². The summed E-state index contributed by atoms with van der Waals surface area (Å²) in [6, 6.07) is 0. The molecule has 0 spiro atoms. The van der Waals surface area contributed by atoms with Crippen molar-refractivity contribution in [2.45, 2.75) is 39.2 Å². The molecule has 1 fully saturated rings. The SMILES string of the molecule is CCc1ncc(C(=O)N2CCCC(C(C)O)C2)[nH]1. The lowest BCUT2D eigenvalue weighted by Crippen LogP contribution is -2.43. The fourth-order valence-electron chi connectivity index (χ4n) is 2.41. The number of nitrogens with one attached hydrogen (secondary N) is 1. The minimum atomic E-state index is -0.353. The van der Waals surface area contributed by atoms with Crippen LogP contribution in [0, 0.1) is 5.92 Å². The predicted octanol–water partition coefficient (Wildman–Crippen LogP) is 1.21. The summed E-state index contributed by atoms with van der Waals surface area (Å²) in [6.07, 6.45) is 3.99. The van der Waals surface area contributed by atoms with Gasteiger partial charge in [-0.2, -0.15) is 0 Å². The molecule has 1 amide bonds. The Morgan fingerprint density at radius 2 is 2.50 bits per heavy atom. The van der Waals surface area contributed by atoms with Crippen LogP contribution in [0.1, 0.15) is 43.0 Å². The summed E-state index contributed by atoms with van der Waals surface area (Å²) in [7, 11) is 0. The number of hydrogen-bond acceptors (Lipinski definition) is 3. The number of aromatic amines is 1. The molecule has 1 aromatic heterocycles. The smallest absolute Gasteiger partial charge is 0.271 e. The molecule has 2 N–H and O–H groups in total. The number of aliphatic hydroxyl groups excluding tert-OH is 1. The number of aromatic nitrogens is 2. The van der Waals surface area contributed by atoms with E-state index in [1.165, 1.54) is 0 Å². The molecule has 2 unspecified atom stereocenters. The van der Waals surface area contributed by atoms with Crippen molar-refractivity contribution in [3.63, 3.8) is 0 Å². The van der Waals surface area contributed by atoms with E-state index < -0.39 is 0 Å². The lowest BCUT2D eigenvalue weighted by Gasteiger charge is -2.33. The van der Waals surface area contributed by atoms with Crippen LogP contribution < -0.4 is 0 Å². The maximum absolute atomic E-state index is 12.3. The van der Waals surface area contributed by atoms with E-state index in [1.807, 2.05) is 11.8 Å². The molecule has 2 rings (SSSR count). The third-order valence-corrected chi connectivity index (χ3v) is 3.62. The third-order valence-electron chi connectivity index (χ3n) is 3.62. The van der Waals surface area contributed by atoms with Gasteiger partial charge in [-0.25, -0.2) is 4.98 Å². The molecule has 5 heteroatoms. The molecular formula is C13H21N3O2. The summed E-state index contributed by atoms with van der Waals surface area (Å²) in [5.41, 5.74) is 0.554. The first-order valence-electron chi connectivity index (χ1n) is 6.63. The van der Waals surface area contributed by atoms with Gasteiger partial charge in [0.25, 0.3) is 5.91 Å². The Balaban J connectivity index is 2.04. The molecule has 0 aliphatic carbocycles. The van der Waals surface area contributed by atoms with E-state index in [9.17, 15) is 9.90 Å². The zero-order valence-electron chi connectivity index (χ0n) is 11.0. The fourth-order valence-corrected chi connectivity index (χ4v) is 2.41. The monoisotopic (exact) mass is 251 g/mol. The van der Waals surface area contributed by atoms with Gasteiger partial charge < -0.3 is 15.0 Å². The topological polar surface area (TPSA) is 69.2 Å². The van der Waals surface area contributed by atoms with Crippen molar-refractivity contribution < 1.29 is 9.90 Å². The number of carbonyl (C=O) groups excluding carboxylic acids is 1. The molecule has 2 atom stereocenters. The van der Waals surface area contributed by atoms with Crippen molar-refractivity contribution in [2.75, 3.05) is 13.1 Å². The van der Waals surface area contributed by atoms with Gasteiger partial charge in [0.2, 0.25) is 0 Å². The van der Waals surface area contributed by atoms with E-state index >= 15 is 0 Å². The van der Waals surface area contributed by atoms with Crippen LogP contribution in [-0.4, -0.2) is 45.1 Å². The highest BCUT2D eigenvalue weighted by Crippen LogP contribution is 2.21. The molecule has 0 bridgehead atoms.